The molecule has 150 valence electrons. The molecule has 0 amide bonds. The molecule has 29 heavy (non-hydrogen) atoms. The first-order valence-corrected chi connectivity index (χ1v) is 9.41. The number of methoxy groups -OCH3 is 1. The highest BCUT2D eigenvalue weighted by Gasteiger charge is 2.28. The Balaban J connectivity index is 1.71. The molecule has 0 bridgehead atoms. The van der Waals surface area contributed by atoms with Crippen molar-refractivity contribution in [1.82, 2.24) is 9.55 Å². The van der Waals surface area contributed by atoms with Gasteiger partial charge < -0.3 is 25.1 Å². The quantitative estimate of drug-likeness (QED) is 0.589. The second-order valence-electron chi connectivity index (χ2n) is 6.71. The van der Waals surface area contributed by atoms with Crippen LogP contribution in [-0.2, 0) is 0 Å². The lowest BCUT2D eigenvalue weighted by molar-refractivity contribution is 0.297. The van der Waals surface area contributed by atoms with Gasteiger partial charge in [-0.05, 0) is 12.1 Å². The third-order valence-corrected chi connectivity index (χ3v) is 5.16. The van der Waals surface area contributed by atoms with Crippen molar-refractivity contribution in [3.63, 3.8) is 0 Å². The van der Waals surface area contributed by atoms with Crippen LogP contribution in [0.2, 0.25) is 5.02 Å². The first-order chi connectivity index (χ1) is 14.0. The van der Waals surface area contributed by atoms with Gasteiger partial charge in [-0.25, -0.2) is 9.98 Å². The molecule has 0 saturated heterocycles. The number of aromatic hydroxyl groups is 1. The van der Waals surface area contributed by atoms with Crippen LogP contribution < -0.4 is 25.3 Å². The second kappa shape index (κ2) is 6.63. The zero-order valence-electron chi connectivity index (χ0n) is 15.5. The van der Waals surface area contributed by atoms with Crippen molar-refractivity contribution >= 4 is 34.5 Å². The van der Waals surface area contributed by atoms with Crippen molar-refractivity contribution in [2.75, 3.05) is 25.6 Å². The minimum absolute atomic E-state index is 0.129. The summed E-state index contributed by atoms with van der Waals surface area (Å²) in [5.74, 6) is 2.17. The molecular formula is C19H18ClN5O4. The van der Waals surface area contributed by atoms with Gasteiger partial charge in [-0.1, -0.05) is 11.6 Å². The molecule has 2 aromatic carbocycles. The topological polar surface area (TPSA) is 116 Å². The number of phenolic OH excluding ortho intramolecular Hbond substituents is 1. The van der Waals surface area contributed by atoms with Gasteiger partial charge in [-0.2, -0.15) is 0 Å². The summed E-state index contributed by atoms with van der Waals surface area (Å²) in [5, 5.41) is 13.2. The molecule has 1 atom stereocenters. The largest absolute Gasteiger partial charge is 0.503 e. The lowest BCUT2D eigenvalue weighted by atomic mass is 10.1. The lowest BCUT2D eigenvalue weighted by Gasteiger charge is -2.24. The predicted molar refractivity (Wildman–Crippen MR) is 108 cm³/mol. The van der Waals surface area contributed by atoms with Crippen LogP contribution in [0.15, 0.2) is 29.3 Å². The summed E-state index contributed by atoms with van der Waals surface area (Å²) < 4.78 is 18.7. The Morgan fingerprint density at radius 2 is 2.00 bits per heavy atom. The maximum Gasteiger partial charge on any atom is 0.212 e. The number of fused-ring (bicyclic) bond motifs is 4. The highest BCUT2D eigenvalue weighted by molar-refractivity contribution is 6.32. The Bertz CT molecular complexity index is 1160. The fourth-order valence-corrected chi connectivity index (χ4v) is 3.77. The minimum Gasteiger partial charge on any atom is -0.503 e. The van der Waals surface area contributed by atoms with E-state index in [1.54, 1.807) is 12.1 Å². The van der Waals surface area contributed by atoms with Gasteiger partial charge in [-0.15, -0.1) is 0 Å². The molecular weight excluding hydrogens is 398 g/mol. The van der Waals surface area contributed by atoms with Crippen molar-refractivity contribution in [2.45, 2.75) is 12.6 Å². The zero-order chi connectivity index (χ0) is 20.1. The molecule has 9 nitrogen and oxygen atoms in total. The van der Waals surface area contributed by atoms with Gasteiger partial charge >= 0.3 is 0 Å². The molecule has 4 N–H and O–H groups in total. The molecule has 0 saturated carbocycles. The van der Waals surface area contributed by atoms with Crippen LogP contribution in [0.1, 0.15) is 18.2 Å². The average Bonchev–Trinajstić information content (AvgIpc) is 2.89. The first kappa shape index (κ1) is 17.7. The number of hydrogen-bond donors (Lipinski definition) is 3. The molecule has 0 aliphatic carbocycles. The van der Waals surface area contributed by atoms with Gasteiger partial charge in [0, 0.05) is 24.1 Å². The number of nitrogens with two attached hydrogens (primary N) is 1. The van der Waals surface area contributed by atoms with Gasteiger partial charge in [0.1, 0.15) is 0 Å². The third kappa shape index (κ3) is 2.85. The number of halogens is 1. The van der Waals surface area contributed by atoms with E-state index in [2.05, 4.69) is 15.3 Å². The number of anilines is 1. The Morgan fingerprint density at radius 1 is 1.24 bits per heavy atom. The monoisotopic (exact) mass is 415 g/mol. The van der Waals surface area contributed by atoms with Gasteiger partial charge in [0.15, 0.2) is 35.1 Å². The smallest absolute Gasteiger partial charge is 0.212 e. The Morgan fingerprint density at radius 3 is 2.76 bits per heavy atom. The summed E-state index contributed by atoms with van der Waals surface area (Å²) in [5.41, 5.74) is 8.19. The summed E-state index contributed by atoms with van der Waals surface area (Å²) in [6, 6.07) is 7.04. The van der Waals surface area contributed by atoms with Gasteiger partial charge in [0.2, 0.25) is 5.95 Å². The van der Waals surface area contributed by atoms with Crippen LogP contribution in [0.25, 0.3) is 11.0 Å². The SMILES string of the molecule is COc1cc(C2N=C(N)Nc3nc4cc5c(cc4n32)OCCCO5)cc(Cl)c1O. The van der Waals surface area contributed by atoms with Gasteiger partial charge in [0.25, 0.3) is 0 Å². The number of nitrogens with zero attached hydrogens (tertiary/aromatic N) is 3. The average molecular weight is 416 g/mol. The van der Waals surface area contributed by atoms with E-state index < -0.39 is 6.17 Å². The number of nitrogens with one attached hydrogen (secondary N) is 1. The molecule has 5 rings (SSSR count). The predicted octanol–water partition coefficient (Wildman–Crippen LogP) is 2.85. The maximum absolute atomic E-state index is 10.1. The van der Waals surface area contributed by atoms with Crippen LogP contribution in [0.5, 0.6) is 23.0 Å². The normalized spacial score (nSPS) is 17.9. The number of imidazole rings is 1. The number of hydrogen-bond acceptors (Lipinski definition) is 8. The summed E-state index contributed by atoms with van der Waals surface area (Å²) in [4.78, 5) is 9.17. The number of aromatic nitrogens is 2. The number of phenols is 1. The molecule has 3 aromatic rings. The highest BCUT2D eigenvalue weighted by atomic mass is 35.5. The van der Waals surface area contributed by atoms with Crippen LogP contribution in [0.3, 0.4) is 0 Å². The first-order valence-electron chi connectivity index (χ1n) is 9.03. The van der Waals surface area contributed by atoms with Gasteiger partial charge in [0.05, 0.1) is 36.4 Å². The summed E-state index contributed by atoms with van der Waals surface area (Å²) in [6.07, 6.45) is 0.252. The summed E-state index contributed by atoms with van der Waals surface area (Å²) in [6.45, 7) is 1.17. The van der Waals surface area contributed by atoms with Crippen molar-refractivity contribution < 1.29 is 19.3 Å². The second-order valence-corrected chi connectivity index (χ2v) is 7.12. The molecule has 0 radical (unpaired) electrons. The third-order valence-electron chi connectivity index (χ3n) is 4.87. The van der Waals surface area contributed by atoms with E-state index in [9.17, 15) is 5.11 Å². The number of ether oxygens (including phenoxy) is 3. The van der Waals surface area contributed by atoms with E-state index in [4.69, 9.17) is 31.5 Å². The Labute approximate surface area is 170 Å². The highest BCUT2D eigenvalue weighted by Crippen LogP contribution is 2.42. The molecule has 3 heterocycles. The minimum atomic E-state index is -0.562. The van der Waals surface area contributed by atoms with E-state index >= 15 is 0 Å². The van der Waals surface area contributed by atoms with E-state index in [1.807, 2.05) is 16.7 Å². The van der Waals surface area contributed by atoms with E-state index in [0.29, 0.717) is 41.7 Å². The van der Waals surface area contributed by atoms with Crippen molar-refractivity contribution in [3.8, 4) is 23.0 Å². The molecule has 0 spiro atoms. The molecule has 1 unspecified atom stereocenters. The van der Waals surface area contributed by atoms with Crippen LogP contribution in [0.4, 0.5) is 5.95 Å². The summed E-state index contributed by atoms with van der Waals surface area (Å²) >= 11 is 6.20. The standard InChI is InChI=1S/C19H18ClN5O4/c1-27-15-6-9(5-10(20)16(15)26)17-23-18(21)24-19-22-11-7-13-14(8-12(11)25(17)19)29-4-2-3-28-13/h5-8,17,26H,2-4H2,1H3,(H3,21,22,23,24). The zero-order valence-corrected chi connectivity index (χ0v) is 16.2. The molecule has 2 aliphatic heterocycles. The number of benzene rings is 2. The van der Waals surface area contributed by atoms with E-state index in [1.165, 1.54) is 7.11 Å². The van der Waals surface area contributed by atoms with Crippen molar-refractivity contribution in [2.24, 2.45) is 10.7 Å². The fourth-order valence-electron chi connectivity index (χ4n) is 3.55. The molecule has 0 fully saturated rings. The molecule has 10 heteroatoms. The van der Waals surface area contributed by atoms with Crippen LogP contribution >= 0.6 is 11.6 Å². The van der Waals surface area contributed by atoms with E-state index in [0.717, 1.165) is 11.9 Å². The molecule has 2 aliphatic rings. The Kier molecular flexibility index (Phi) is 4.06. The number of rotatable bonds is 2. The Hall–Kier alpha value is -3.33. The van der Waals surface area contributed by atoms with Crippen molar-refractivity contribution in [3.05, 3.63) is 34.9 Å². The molecule has 1 aromatic heterocycles. The van der Waals surface area contributed by atoms with E-state index in [-0.39, 0.29) is 22.5 Å². The number of guanidine groups is 1. The van der Waals surface area contributed by atoms with Crippen LogP contribution in [0, 0.1) is 0 Å². The summed E-state index contributed by atoms with van der Waals surface area (Å²) in [7, 11) is 1.46. The van der Waals surface area contributed by atoms with Gasteiger partial charge in [-0.3, -0.25) is 9.88 Å². The maximum atomic E-state index is 10.1. The van der Waals surface area contributed by atoms with Crippen LogP contribution in [-0.4, -0.2) is 40.9 Å². The van der Waals surface area contributed by atoms with Crippen molar-refractivity contribution in [1.29, 1.82) is 0 Å². The fraction of sp³-hybridized carbons (Fsp3) is 0.263. The lowest BCUT2D eigenvalue weighted by Crippen LogP contribution is -2.31. The number of aliphatic imine (C=N–C) groups is 1.